The minimum atomic E-state index is -2.15. The molecule has 7 heteroatoms. The molecule has 39 heavy (non-hydrogen) atoms. The van der Waals surface area contributed by atoms with E-state index in [1.165, 1.54) is 7.11 Å². The van der Waals surface area contributed by atoms with Crippen LogP contribution in [0.25, 0.3) is 32.7 Å². The Labute approximate surface area is 230 Å². The first-order chi connectivity index (χ1) is 18.9. The molecular weight excluding hydrogens is 510 g/mol. The van der Waals surface area contributed by atoms with E-state index in [2.05, 4.69) is 9.97 Å². The van der Waals surface area contributed by atoms with E-state index >= 15 is 0 Å². The second-order valence-electron chi connectivity index (χ2n) is 9.57. The molecule has 194 valence electrons. The SMILES string of the molecule is COC(O)(Oc1cc(C)nc2ccccc12)C(c1cc(C)nc2ccccc12)c1cc(Cl)nc2ccccc12. The molecule has 0 aliphatic carbocycles. The molecule has 3 aromatic heterocycles. The zero-order chi connectivity index (χ0) is 27.1. The molecular formula is C32H26ClN3O3. The number of ether oxygens (including phenoxy) is 2. The van der Waals surface area contributed by atoms with Crippen LogP contribution in [-0.4, -0.2) is 33.1 Å². The summed E-state index contributed by atoms with van der Waals surface area (Å²) in [4.78, 5) is 13.9. The van der Waals surface area contributed by atoms with Gasteiger partial charge in [0, 0.05) is 40.7 Å². The number of pyridine rings is 3. The Hall–Kier alpha value is -4.10. The van der Waals surface area contributed by atoms with Crippen molar-refractivity contribution in [3.05, 3.63) is 119 Å². The first-order valence-electron chi connectivity index (χ1n) is 12.6. The number of para-hydroxylation sites is 3. The first kappa shape index (κ1) is 25.2. The summed E-state index contributed by atoms with van der Waals surface area (Å²) in [6.07, 6.45) is 0. The third kappa shape index (κ3) is 4.57. The van der Waals surface area contributed by atoms with Gasteiger partial charge in [0.25, 0.3) is 0 Å². The van der Waals surface area contributed by atoms with Gasteiger partial charge in [0.1, 0.15) is 16.8 Å². The summed E-state index contributed by atoms with van der Waals surface area (Å²) in [7, 11) is 1.43. The molecule has 2 unspecified atom stereocenters. The molecule has 0 fully saturated rings. The van der Waals surface area contributed by atoms with E-state index in [1.54, 1.807) is 12.1 Å². The zero-order valence-corrected chi connectivity index (χ0v) is 22.5. The number of hydrogen-bond acceptors (Lipinski definition) is 6. The van der Waals surface area contributed by atoms with Crippen molar-refractivity contribution in [2.24, 2.45) is 0 Å². The Bertz CT molecular complexity index is 1770. The molecule has 0 spiro atoms. The lowest BCUT2D eigenvalue weighted by Gasteiger charge is -2.36. The van der Waals surface area contributed by atoms with Crippen molar-refractivity contribution in [2.45, 2.75) is 25.7 Å². The summed E-state index contributed by atoms with van der Waals surface area (Å²) in [5.41, 5.74) is 5.29. The highest BCUT2D eigenvalue weighted by Gasteiger charge is 2.45. The molecule has 3 aromatic carbocycles. The number of aliphatic hydroxyl groups is 1. The van der Waals surface area contributed by atoms with Gasteiger partial charge < -0.3 is 14.6 Å². The van der Waals surface area contributed by atoms with E-state index in [0.717, 1.165) is 44.1 Å². The number of benzene rings is 3. The van der Waals surface area contributed by atoms with E-state index < -0.39 is 11.9 Å². The predicted molar refractivity (Wildman–Crippen MR) is 154 cm³/mol. The van der Waals surface area contributed by atoms with Gasteiger partial charge in [-0.25, -0.2) is 4.98 Å². The van der Waals surface area contributed by atoms with Crippen LogP contribution in [-0.2, 0) is 4.74 Å². The van der Waals surface area contributed by atoms with Crippen LogP contribution < -0.4 is 4.74 Å². The lowest BCUT2D eigenvalue weighted by molar-refractivity contribution is -0.314. The van der Waals surface area contributed by atoms with Gasteiger partial charge in [0.15, 0.2) is 0 Å². The van der Waals surface area contributed by atoms with E-state index in [1.807, 2.05) is 92.7 Å². The number of hydrogen-bond donors (Lipinski definition) is 1. The molecule has 0 radical (unpaired) electrons. The van der Waals surface area contributed by atoms with E-state index in [9.17, 15) is 5.11 Å². The summed E-state index contributed by atoms with van der Waals surface area (Å²) in [5, 5.41) is 15.2. The lowest BCUT2D eigenvalue weighted by atomic mass is 9.84. The van der Waals surface area contributed by atoms with Crippen LogP contribution in [0.4, 0.5) is 0 Å². The Kier molecular flexibility index (Phi) is 6.39. The molecule has 6 nitrogen and oxygen atoms in total. The highest BCUT2D eigenvalue weighted by atomic mass is 35.5. The van der Waals surface area contributed by atoms with E-state index in [-0.39, 0.29) is 0 Å². The van der Waals surface area contributed by atoms with Gasteiger partial charge in [-0.3, -0.25) is 9.97 Å². The smallest absolute Gasteiger partial charge is 0.335 e. The summed E-state index contributed by atoms with van der Waals surface area (Å²) in [6.45, 7) is 3.82. The topological polar surface area (TPSA) is 77.4 Å². The summed E-state index contributed by atoms with van der Waals surface area (Å²) >= 11 is 6.56. The highest BCUT2D eigenvalue weighted by molar-refractivity contribution is 6.30. The second kappa shape index (κ2) is 9.89. The summed E-state index contributed by atoms with van der Waals surface area (Å²) < 4.78 is 12.4. The second-order valence-corrected chi connectivity index (χ2v) is 9.96. The van der Waals surface area contributed by atoms with Crippen LogP contribution in [0.15, 0.2) is 91.0 Å². The highest BCUT2D eigenvalue weighted by Crippen LogP contribution is 2.44. The van der Waals surface area contributed by atoms with Crippen LogP contribution in [0, 0.1) is 13.8 Å². The van der Waals surface area contributed by atoms with Gasteiger partial charge in [-0.1, -0.05) is 60.1 Å². The minimum absolute atomic E-state index is 0.299. The quantitative estimate of drug-likeness (QED) is 0.181. The van der Waals surface area contributed by atoms with Gasteiger partial charge in [0.05, 0.1) is 16.6 Å². The van der Waals surface area contributed by atoms with Crippen molar-refractivity contribution in [3.8, 4) is 5.75 Å². The van der Waals surface area contributed by atoms with E-state index in [0.29, 0.717) is 22.0 Å². The number of fused-ring (bicyclic) bond motifs is 3. The molecule has 0 saturated carbocycles. The van der Waals surface area contributed by atoms with Gasteiger partial charge in [-0.15, -0.1) is 0 Å². The van der Waals surface area contributed by atoms with Crippen LogP contribution >= 0.6 is 11.6 Å². The Balaban J connectivity index is 1.67. The maximum Gasteiger partial charge on any atom is 0.335 e. The lowest BCUT2D eigenvalue weighted by Crippen LogP contribution is -2.45. The monoisotopic (exact) mass is 535 g/mol. The Morgan fingerprint density at radius 2 is 1.18 bits per heavy atom. The van der Waals surface area contributed by atoms with E-state index in [4.69, 9.17) is 26.1 Å². The molecule has 1 N–H and O–H groups in total. The molecule has 3 heterocycles. The number of nitrogens with zero attached hydrogens (tertiary/aromatic N) is 3. The minimum Gasteiger partial charge on any atom is -0.438 e. The summed E-state index contributed by atoms with van der Waals surface area (Å²) in [5.74, 6) is -2.54. The fraction of sp³-hybridized carbons (Fsp3) is 0.156. The molecule has 0 amide bonds. The van der Waals surface area contributed by atoms with Gasteiger partial charge in [-0.05, 0) is 61.4 Å². The Morgan fingerprint density at radius 3 is 1.79 bits per heavy atom. The molecule has 6 rings (SSSR count). The number of halogens is 1. The van der Waals surface area contributed by atoms with Crippen LogP contribution in [0.1, 0.15) is 28.4 Å². The molecule has 0 saturated heterocycles. The maximum atomic E-state index is 12.4. The van der Waals surface area contributed by atoms with Crippen LogP contribution in [0.3, 0.4) is 0 Å². The molecule has 0 bridgehead atoms. The molecule has 2 atom stereocenters. The Morgan fingerprint density at radius 1 is 0.692 bits per heavy atom. The number of methoxy groups -OCH3 is 1. The predicted octanol–water partition coefficient (Wildman–Crippen LogP) is 7.10. The fourth-order valence-corrected chi connectivity index (χ4v) is 5.49. The molecule has 0 aliphatic rings. The molecule has 6 aromatic rings. The van der Waals surface area contributed by atoms with Crippen LogP contribution in [0.2, 0.25) is 5.15 Å². The van der Waals surface area contributed by atoms with Gasteiger partial charge >= 0.3 is 5.97 Å². The average Bonchev–Trinajstić information content (AvgIpc) is 2.93. The van der Waals surface area contributed by atoms with Gasteiger partial charge in [-0.2, -0.15) is 0 Å². The third-order valence-corrected chi connectivity index (χ3v) is 7.13. The third-order valence-electron chi connectivity index (χ3n) is 6.93. The van der Waals surface area contributed by atoms with Gasteiger partial charge in [0.2, 0.25) is 0 Å². The van der Waals surface area contributed by atoms with Crippen LogP contribution in [0.5, 0.6) is 5.75 Å². The largest absolute Gasteiger partial charge is 0.438 e. The van der Waals surface area contributed by atoms with Crippen molar-refractivity contribution in [3.63, 3.8) is 0 Å². The summed E-state index contributed by atoms with van der Waals surface area (Å²) in [6, 6.07) is 28.7. The fourth-order valence-electron chi connectivity index (χ4n) is 5.28. The number of aryl methyl sites for hydroxylation is 2. The van der Waals surface area contributed by atoms with Crippen molar-refractivity contribution in [2.75, 3.05) is 7.11 Å². The van der Waals surface area contributed by atoms with Crippen molar-refractivity contribution in [1.29, 1.82) is 0 Å². The number of rotatable bonds is 6. The number of aromatic nitrogens is 3. The average molecular weight is 536 g/mol. The first-order valence-corrected chi connectivity index (χ1v) is 13.0. The van der Waals surface area contributed by atoms with Crippen molar-refractivity contribution >= 4 is 44.3 Å². The normalized spacial score (nSPS) is 14.0. The van der Waals surface area contributed by atoms with Crippen molar-refractivity contribution < 1.29 is 14.6 Å². The van der Waals surface area contributed by atoms with Crippen molar-refractivity contribution in [1.82, 2.24) is 15.0 Å². The standard InChI is InChI=1S/C32H26ClN3O3/c1-19-16-24(21-10-4-7-13-26(21)34-19)31(25-18-30(33)36-27-14-8-5-11-22(25)27)32(37,38-3)39-29-17-20(2)35-28-15-9-6-12-23(28)29/h4-18,31,37H,1-3H3. The maximum absolute atomic E-state index is 12.4. The zero-order valence-electron chi connectivity index (χ0n) is 21.7. The molecule has 0 aliphatic heterocycles.